The summed E-state index contributed by atoms with van der Waals surface area (Å²) < 4.78 is 16.0. The highest BCUT2D eigenvalue weighted by Crippen LogP contribution is 2.40. The Hall–Kier alpha value is -2.04. The Labute approximate surface area is 155 Å². The molecule has 0 bridgehead atoms. The number of fused-ring (bicyclic) bond motifs is 1. The third-order valence-electron chi connectivity index (χ3n) is 4.41. The third kappa shape index (κ3) is 2.90. The summed E-state index contributed by atoms with van der Waals surface area (Å²) in [6, 6.07) is 12.0. The number of rotatable bonds is 2. The van der Waals surface area contributed by atoms with Crippen molar-refractivity contribution in [2.24, 2.45) is 0 Å². The maximum Gasteiger partial charge on any atom is 0.148 e. The van der Waals surface area contributed by atoms with E-state index >= 15 is 0 Å². The molecule has 6 heteroatoms. The number of benzene rings is 2. The summed E-state index contributed by atoms with van der Waals surface area (Å²) in [6.45, 7) is 0.822. The minimum Gasteiger partial charge on any atom is -0.370 e. The molecule has 1 aromatic heterocycles. The SMILES string of the molecule is Fc1ccccc1-n1nc(-c2c(Cl)cccc2Cl)c2c1NCCCC2. The van der Waals surface area contributed by atoms with Gasteiger partial charge in [0.1, 0.15) is 23.0 Å². The fourth-order valence-electron chi connectivity index (χ4n) is 3.23. The van der Waals surface area contributed by atoms with Crippen molar-refractivity contribution in [2.75, 3.05) is 11.9 Å². The van der Waals surface area contributed by atoms with E-state index in [0.29, 0.717) is 27.0 Å². The van der Waals surface area contributed by atoms with Crippen LogP contribution in [0.5, 0.6) is 0 Å². The second kappa shape index (κ2) is 6.70. The lowest BCUT2D eigenvalue weighted by molar-refractivity contribution is 0.611. The molecular weight excluding hydrogens is 360 g/mol. The summed E-state index contributed by atoms with van der Waals surface area (Å²) in [6.07, 6.45) is 2.91. The van der Waals surface area contributed by atoms with Crippen molar-refractivity contribution in [3.63, 3.8) is 0 Å². The number of nitrogens with zero attached hydrogens (tertiary/aromatic N) is 2. The fourth-order valence-corrected chi connectivity index (χ4v) is 3.80. The van der Waals surface area contributed by atoms with Crippen LogP contribution in [0.25, 0.3) is 16.9 Å². The first-order valence-electron chi connectivity index (χ1n) is 8.22. The van der Waals surface area contributed by atoms with Crippen LogP contribution in [-0.2, 0) is 6.42 Å². The predicted molar refractivity (Wildman–Crippen MR) is 100 cm³/mol. The number of hydrogen-bond donors (Lipinski definition) is 1. The zero-order valence-corrected chi connectivity index (χ0v) is 14.9. The molecule has 2 heterocycles. The van der Waals surface area contributed by atoms with E-state index in [1.807, 2.05) is 0 Å². The molecule has 3 aromatic rings. The van der Waals surface area contributed by atoms with E-state index in [2.05, 4.69) is 5.32 Å². The first kappa shape index (κ1) is 16.4. The maximum absolute atomic E-state index is 14.4. The molecule has 0 spiro atoms. The molecule has 0 aliphatic carbocycles. The molecule has 1 aliphatic heterocycles. The number of halogens is 3. The van der Waals surface area contributed by atoms with Crippen LogP contribution in [0.3, 0.4) is 0 Å². The summed E-state index contributed by atoms with van der Waals surface area (Å²) in [5, 5.41) is 9.18. The van der Waals surface area contributed by atoms with Crippen LogP contribution in [0.1, 0.15) is 18.4 Å². The fraction of sp³-hybridized carbons (Fsp3) is 0.211. The van der Waals surface area contributed by atoms with Gasteiger partial charge in [-0.15, -0.1) is 0 Å². The maximum atomic E-state index is 14.4. The normalized spacial score (nSPS) is 13.9. The van der Waals surface area contributed by atoms with E-state index in [4.69, 9.17) is 28.3 Å². The van der Waals surface area contributed by atoms with Gasteiger partial charge < -0.3 is 5.32 Å². The lowest BCUT2D eigenvalue weighted by Gasteiger charge is -2.09. The van der Waals surface area contributed by atoms with E-state index < -0.39 is 0 Å². The number of hydrogen-bond acceptors (Lipinski definition) is 2. The van der Waals surface area contributed by atoms with Crippen LogP contribution >= 0.6 is 23.2 Å². The minimum absolute atomic E-state index is 0.323. The topological polar surface area (TPSA) is 29.9 Å². The van der Waals surface area contributed by atoms with Crippen LogP contribution in [0, 0.1) is 5.82 Å². The van der Waals surface area contributed by atoms with E-state index in [9.17, 15) is 4.39 Å². The number of para-hydroxylation sites is 1. The number of aromatic nitrogens is 2. The van der Waals surface area contributed by atoms with Crippen LogP contribution in [0.2, 0.25) is 10.0 Å². The van der Waals surface area contributed by atoms with Gasteiger partial charge in [0.25, 0.3) is 0 Å². The lowest BCUT2D eigenvalue weighted by atomic mass is 10.0. The molecule has 0 saturated carbocycles. The zero-order chi connectivity index (χ0) is 17.4. The van der Waals surface area contributed by atoms with Crippen LogP contribution in [0.15, 0.2) is 42.5 Å². The van der Waals surface area contributed by atoms with E-state index in [1.165, 1.54) is 6.07 Å². The summed E-state index contributed by atoms with van der Waals surface area (Å²) in [7, 11) is 0. The predicted octanol–water partition coefficient (Wildman–Crippen LogP) is 5.73. The molecular formula is C19H16Cl2FN3. The van der Waals surface area contributed by atoms with Gasteiger partial charge >= 0.3 is 0 Å². The summed E-state index contributed by atoms with van der Waals surface area (Å²) >= 11 is 12.8. The molecule has 1 aliphatic rings. The van der Waals surface area contributed by atoms with Crippen molar-refractivity contribution in [1.82, 2.24) is 9.78 Å². The Bertz CT molecular complexity index is 916. The minimum atomic E-state index is -0.323. The molecule has 0 atom stereocenters. The largest absolute Gasteiger partial charge is 0.370 e. The summed E-state index contributed by atoms with van der Waals surface area (Å²) in [5.41, 5.74) is 2.84. The Morgan fingerprint density at radius 1 is 1.00 bits per heavy atom. The molecule has 4 rings (SSSR count). The van der Waals surface area contributed by atoms with Gasteiger partial charge in [-0.25, -0.2) is 9.07 Å². The highest BCUT2D eigenvalue weighted by Gasteiger charge is 2.25. The monoisotopic (exact) mass is 375 g/mol. The van der Waals surface area contributed by atoms with Gasteiger partial charge in [-0.1, -0.05) is 41.4 Å². The second-order valence-electron chi connectivity index (χ2n) is 6.02. The van der Waals surface area contributed by atoms with Crippen LogP contribution in [0.4, 0.5) is 10.2 Å². The quantitative estimate of drug-likeness (QED) is 0.619. The highest BCUT2D eigenvalue weighted by atomic mass is 35.5. The third-order valence-corrected chi connectivity index (χ3v) is 5.04. The van der Waals surface area contributed by atoms with Crippen molar-refractivity contribution in [2.45, 2.75) is 19.3 Å². The molecule has 1 N–H and O–H groups in total. The van der Waals surface area contributed by atoms with Gasteiger partial charge in [-0.05, 0) is 43.5 Å². The van der Waals surface area contributed by atoms with Gasteiger partial charge in [0.05, 0.1) is 10.0 Å². The summed E-state index contributed by atoms with van der Waals surface area (Å²) in [5.74, 6) is 0.490. The molecule has 0 radical (unpaired) electrons. The smallest absolute Gasteiger partial charge is 0.148 e. The molecule has 25 heavy (non-hydrogen) atoms. The second-order valence-corrected chi connectivity index (χ2v) is 6.83. The Kier molecular flexibility index (Phi) is 4.40. The van der Waals surface area contributed by atoms with Gasteiger partial charge in [0, 0.05) is 17.7 Å². The molecule has 0 unspecified atom stereocenters. The first-order valence-corrected chi connectivity index (χ1v) is 8.97. The van der Waals surface area contributed by atoms with Gasteiger partial charge in [-0.3, -0.25) is 0 Å². The molecule has 0 saturated heterocycles. The Morgan fingerprint density at radius 2 is 1.76 bits per heavy atom. The van der Waals surface area contributed by atoms with Crippen LogP contribution < -0.4 is 5.32 Å². The average molecular weight is 376 g/mol. The standard InChI is InChI=1S/C19H16Cl2FN3/c20-13-7-5-8-14(21)17(13)18-12-6-3-4-11-23-19(12)25(24-18)16-10-2-1-9-15(16)22/h1-2,5,7-10,23H,3-4,6,11H2. The molecule has 0 amide bonds. The Balaban J connectivity index is 1.99. The summed E-state index contributed by atoms with van der Waals surface area (Å²) in [4.78, 5) is 0. The first-order chi connectivity index (χ1) is 12.2. The van der Waals surface area contributed by atoms with Crippen molar-refractivity contribution < 1.29 is 4.39 Å². The lowest BCUT2D eigenvalue weighted by Crippen LogP contribution is -2.08. The number of anilines is 1. The van der Waals surface area contributed by atoms with Crippen molar-refractivity contribution >= 4 is 29.0 Å². The van der Waals surface area contributed by atoms with Gasteiger partial charge in [-0.2, -0.15) is 5.10 Å². The highest BCUT2D eigenvalue weighted by molar-refractivity contribution is 6.39. The molecule has 3 nitrogen and oxygen atoms in total. The van der Waals surface area contributed by atoms with Crippen molar-refractivity contribution in [1.29, 1.82) is 0 Å². The molecule has 128 valence electrons. The Morgan fingerprint density at radius 3 is 2.52 bits per heavy atom. The van der Waals surface area contributed by atoms with E-state index in [0.717, 1.165) is 37.2 Å². The molecule has 0 fully saturated rings. The van der Waals surface area contributed by atoms with E-state index in [-0.39, 0.29) is 5.82 Å². The number of nitrogens with one attached hydrogen (secondary N) is 1. The van der Waals surface area contributed by atoms with Gasteiger partial charge in [0.15, 0.2) is 0 Å². The average Bonchev–Trinajstić information content (AvgIpc) is 2.78. The van der Waals surface area contributed by atoms with E-state index in [1.54, 1.807) is 41.1 Å². The van der Waals surface area contributed by atoms with Crippen LogP contribution in [-0.4, -0.2) is 16.3 Å². The molecule has 2 aromatic carbocycles. The van der Waals surface area contributed by atoms with Crippen molar-refractivity contribution in [3.8, 4) is 16.9 Å². The zero-order valence-electron chi connectivity index (χ0n) is 13.4. The van der Waals surface area contributed by atoms with Crippen molar-refractivity contribution in [3.05, 3.63) is 63.9 Å². The van der Waals surface area contributed by atoms with Gasteiger partial charge in [0.2, 0.25) is 0 Å².